The van der Waals surface area contributed by atoms with Crippen LogP contribution in [0.15, 0.2) is 0 Å². The van der Waals surface area contributed by atoms with Crippen LogP contribution in [0.3, 0.4) is 0 Å². The fourth-order valence-corrected chi connectivity index (χ4v) is 4.21. The molecule has 2 amide bonds. The molecule has 2 heterocycles. The zero-order valence-corrected chi connectivity index (χ0v) is 16.2. The Balaban J connectivity index is 1.85. The van der Waals surface area contributed by atoms with Crippen LogP contribution < -0.4 is 5.32 Å². The SMILES string of the molecule is C#CC[N+]1(C(=O)O)CCCC(N2CCC(C(=O)NCC(C)C)CC2)CC1. The summed E-state index contributed by atoms with van der Waals surface area (Å²) in [7, 11) is 0. The van der Waals surface area contributed by atoms with Crippen molar-refractivity contribution in [2.45, 2.75) is 52.0 Å². The molecule has 2 saturated heterocycles. The molecule has 2 rings (SSSR count). The van der Waals surface area contributed by atoms with Crippen molar-refractivity contribution < 1.29 is 19.2 Å². The molecule has 26 heavy (non-hydrogen) atoms. The molecule has 6 heteroatoms. The lowest BCUT2D eigenvalue weighted by atomic mass is 9.93. The Labute approximate surface area is 157 Å². The van der Waals surface area contributed by atoms with E-state index in [1.54, 1.807) is 0 Å². The first-order valence-corrected chi connectivity index (χ1v) is 9.93. The molecule has 2 aliphatic rings. The minimum atomic E-state index is -0.802. The molecule has 2 N–H and O–H groups in total. The van der Waals surface area contributed by atoms with E-state index in [0.717, 1.165) is 51.7 Å². The van der Waals surface area contributed by atoms with Gasteiger partial charge in [-0.25, -0.2) is 4.48 Å². The van der Waals surface area contributed by atoms with E-state index in [0.29, 0.717) is 25.0 Å². The van der Waals surface area contributed by atoms with Crippen molar-refractivity contribution in [2.75, 3.05) is 39.3 Å². The molecule has 0 saturated carbocycles. The lowest BCUT2D eigenvalue weighted by Crippen LogP contribution is -2.53. The van der Waals surface area contributed by atoms with E-state index in [2.05, 4.69) is 30.0 Å². The Bertz CT molecular complexity index is 535. The van der Waals surface area contributed by atoms with E-state index >= 15 is 0 Å². The number of nitrogens with zero attached hydrogens (tertiary/aromatic N) is 2. The summed E-state index contributed by atoms with van der Waals surface area (Å²) < 4.78 is 0.00106. The summed E-state index contributed by atoms with van der Waals surface area (Å²) in [5.74, 6) is 3.33. The molecular formula is C20H34N3O3+. The standard InChI is InChI=1S/C20H33N3O3/c1-4-12-23(20(25)26)13-5-6-18(9-14-23)22-10-7-17(8-11-22)19(24)21-15-16(2)3/h1,16-18H,5-15H2,2-3H3,(H-,21,24,25,26)/p+1. The second-order valence-electron chi connectivity index (χ2n) is 8.27. The third kappa shape index (κ3) is 5.21. The van der Waals surface area contributed by atoms with Gasteiger partial charge in [0.05, 0.1) is 13.1 Å². The number of terminal acetylenes is 1. The molecule has 0 bridgehead atoms. The average Bonchev–Trinajstić information content (AvgIpc) is 2.84. The second kappa shape index (κ2) is 9.38. The Hall–Kier alpha value is -1.58. The number of hydrogen-bond acceptors (Lipinski definition) is 3. The molecule has 2 aliphatic heterocycles. The quantitative estimate of drug-likeness (QED) is 0.579. The number of rotatable bonds is 5. The van der Waals surface area contributed by atoms with Gasteiger partial charge in [-0.1, -0.05) is 13.8 Å². The summed E-state index contributed by atoms with van der Waals surface area (Å²) in [5, 5.41) is 12.7. The van der Waals surface area contributed by atoms with Gasteiger partial charge in [-0.2, -0.15) is 4.79 Å². The van der Waals surface area contributed by atoms with Crippen molar-refractivity contribution in [3.63, 3.8) is 0 Å². The fraction of sp³-hybridized carbons (Fsp3) is 0.800. The zero-order chi connectivity index (χ0) is 19.2. The maximum Gasteiger partial charge on any atom is 0.514 e. The van der Waals surface area contributed by atoms with Gasteiger partial charge in [-0.05, 0) is 50.6 Å². The zero-order valence-electron chi connectivity index (χ0n) is 16.2. The molecule has 146 valence electrons. The Morgan fingerprint density at radius 3 is 2.50 bits per heavy atom. The lowest BCUT2D eigenvalue weighted by molar-refractivity contribution is -0.849. The Morgan fingerprint density at radius 2 is 1.92 bits per heavy atom. The number of piperidine rings is 1. The van der Waals surface area contributed by atoms with Gasteiger partial charge in [0.15, 0.2) is 6.54 Å². The van der Waals surface area contributed by atoms with E-state index in [1.807, 2.05) is 0 Å². The number of carbonyl (C=O) groups is 2. The first-order valence-electron chi connectivity index (χ1n) is 9.93. The molecule has 2 atom stereocenters. The predicted molar refractivity (Wildman–Crippen MR) is 102 cm³/mol. The van der Waals surface area contributed by atoms with Gasteiger partial charge in [-0.3, -0.25) is 4.79 Å². The van der Waals surface area contributed by atoms with Crippen LogP contribution in [0.2, 0.25) is 0 Å². The minimum absolute atomic E-state index is 0.00106. The summed E-state index contributed by atoms with van der Waals surface area (Å²) in [4.78, 5) is 26.5. The first kappa shape index (κ1) is 20.7. The summed E-state index contributed by atoms with van der Waals surface area (Å²) in [6, 6.07) is 0.409. The highest BCUT2D eigenvalue weighted by Gasteiger charge is 2.40. The highest BCUT2D eigenvalue weighted by molar-refractivity contribution is 5.78. The highest BCUT2D eigenvalue weighted by atomic mass is 16.4. The van der Waals surface area contributed by atoms with Gasteiger partial charge in [0.25, 0.3) is 0 Å². The van der Waals surface area contributed by atoms with Crippen molar-refractivity contribution in [3.05, 3.63) is 0 Å². The minimum Gasteiger partial charge on any atom is -0.435 e. The Kier molecular flexibility index (Phi) is 7.48. The van der Waals surface area contributed by atoms with E-state index in [1.165, 1.54) is 0 Å². The second-order valence-corrected chi connectivity index (χ2v) is 8.27. The van der Waals surface area contributed by atoms with Crippen LogP contribution in [0, 0.1) is 24.2 Å². The van der Waals surface area contributed by atoms with Crippen LogP contribution >= 0.6 is 0 Å². The fourth-order valence-electron chi connectivity index (χ4n) is 4.21. The van der Waals surface area contributed by atoms with Gasteiger partial charge < -0.3 is 15.3 Å². The topological polar surface area (TPSA) is 69.6 Å². The van der Waals surface area contributed by atoms with Gasteiger partial charge in [0.2, 0.25) is 5.91 Å². The molecule has 0 spiro atoms. The Morgan fingerprint density at radius 1 is 1.23 bits per heavy atom. The number of hydrogen-bond donors (Lipinski definition) is 2. The monoisotopic (exact) mass is 364 g/mol. The first-order chi connectivity index (χ1) is 12.4. The van der Waals surface area contributed by atoms with Crippen LogP contribution in [-0.2, 0) is 4.79 Å². The van der Waals surface area contributed by atoms with Crippen LogP contribution in [0.1, 0.15) is 46.0 Å². The third-order valence-electron chi connectivity index (χ3n) is 5.91. The number of likely N-dealkylation sites (tertiary alicyclic amines) is 2. The molecule has 0 aliphatic carbocycles. The molecule has 6 nitrogen and oxygen atoms in total. The summed E-state index contributed by atoms with van der Waals surface area (Å²) >= 11 is 0. The molecule has 2 fully saturated rings. The van der Waals surface area contributed by atoms with Crippen molar-refractivity contribution in [1.82, 2.24) is 10.2 Å². The number of nitrogens with one attached hydrogen (secondary N) is 1. The van der Waals surface area contributed by atoms with Crippen LogP contribution in [0.25, 0.3) is 0 Å². The number of carbonyl (C=O) groups excluding carboxylic acids is 1. The molecular weight excluding hydrogens is 330 g/mol. The average molecular weight is 365 g/mol. The predicted octanol–water partition coefficient (Wildman–Crippen LogP) is 2.15. The number of quaternary nitrogens is 1. The molecule has 0 radical (unpaired) electrons. The summed E-state index contributed by atoms with van der Waals surface area (Å²) in [6.07, 6.45) is 9.16. The maximum atomic E-state index is 12.3. The van der Waals surface area contributed by atoms with Gasteiger partial charge >= 0.3 is 6.09 Å². The van der Waals surface area contributed by atoms with Gasteiger partial charge in [0, 0.05) is 24.9 Å². The molecule has 2 unspecified atom stereocenters. The van der Waals surface area contributed by atoms with Crippen LogP contribution in [0.5, 0.6) is 0 Å². The summed E-state index contributed by atoms with van der Waals surface area (Å²) in [6.45, 7) is 8.27. The largest absolute Gasteiger partial charge is 0.514 e. The van der Waals surface area contributed by atoms with E-state index < -0.39 is 6.09 Å². The highest BCUT2D eigenvalue weighted by Crippen LogP contribution is 2.26. The van der Waals surface area contributed by atoms with E-state index in [9.17, 15) is 14.7 Å². The van der Waals surface area contributed by atoms with Crippen LogP contribution in [0.4, 0.5) is 4.79 Å². The third-order valence-corrected chi connectivity index (χ3v) is 5.91. The molecule has 0 aromatic carbocycles. The summed E-state index contributed by atoms with van der Waals surface area (Å²) in [5.41, 5.74) is 0. The van der Waals surface area contributed by atoms with Crippen molar-refractivity contribution in [1.29, 1.82) is 0 Å². The molecule has 0 aromatic heterocycles. The van der Waals surface area contributed by atoms with E-state index in [4.69, 9.17) is 6.42 Å². The van der Waals surface area contributed by atoms with Crippen molar-refractivity contribution in [2.24, 2.45) is 11.8 Å². The van der Waals surface area contributed by atoms with Gasteiger partial charge in [0.1, 0.15) is 0 Å². The van der Waals surface area contributed by atoms with Gasteiger partial charge in [-0.15, -0.1) is 6.42 Å². The van der Waals surface area contributed by atoms with Crippen molar-refractivity contribution >= 4 is 12.0 Å². The van der Waals surface area contributed by atoms with Crippen molar-refractivity contribution in [3.8, 4) is 12.3 Å². The van der Waals surface area contributed by atoms with Crippen LogP contribution in [-0.4, -0.2) is 71.8 Å². The molecule has 0 aromatic rings. The smallest absolute Gasteiger partial charge is 0.435 e. The lowest BCUT2D eigenvalue weighted by Gasteiger charge is -2.37. The maximum absolute atomic E-state index is 12.3. The number of carboxylic acid groups (broad SMARTS) is 1. The normalized spacial score (nSPS) is 28.3. The number of amides is 2. The van der Waals surface area contributed by atoms with E-state index in [-0.39, 0.29) is 22.9 Å².